The molecule has 2 N–H and O–H groups in total. The zero-order valence-electron chi connectivity index (χ0n) is 9.17. The second-order valence-electron chi connectivity index (χ2n) is 4.44. The topological polar surface area (TPSA) is 75.3 Å². The van der Waals surface area contributed by atoms with Crippen LogP contribution in [0.2, 0.25) is 0 Å². The highest BCUT2D eigenvalue weighted by Crippen LogP contribution is 2.16. The van der Waals surface area contributed by atoms with Crippen molar-refractivity contribution in [1.29, 1.82) is 0 Å². The molecule has 0 aromatic heterocycles. The molecule has 6 heteroatoms. The van der Waals surface area contributed by atoms with E-state index in [1.807, 2.05) is 6.92 Å². The van der Waals surface area contributed by atoms with E-state index in [0.29, 0.717) is 6.54 Å². The maximum absolute atomic E-state index is 11.2. The lowest BCUT2D eigenvalue weighted by Crippen LogP contribution is -2.48. The largest absolute Gasteiger partial charge is 0.353 e. The molecule has 1 unspecified atom stereocenters. The van der Waals surface area contributed by atoms with Gasteiger partial charge in [0.25, 0.3) is 0 Å². The average Bonchev–Trinajstić information content (AvgIpc) is 2.47. The first-order valence-electron chi connectivity index (χ1n) is 5.00. The summed E-state index contributed by atoms with van der Waals surface area (Å²) in [5, 5.41) is 5.93. The summed E-state index contributed by atoms with van der Waals surface area (Å²) in [5.41, 5.74) is -0.0762. The second kappa shape index (κ2) is 4.49. The van der Waals surface area contributed by atoms with Gasteiger partial charge in [0.05, 0.1) is 0 Å². The Bertz CT molecular complexity index is 331. The summed E-state index contributed by atoms with van der Waals surface area (Å²) in [7, 11) is -3.22. The molecule has 1 aliphatic rings. The van der Waals surface area contributed by atoms with E-state index in [1.54, 1.807) is 0 Å². The number of carbonyl (C=O) groups excluding carboxylic acids is 1. The van der Waals surface area contributed by atoms with Gasteiger partial charge in [-0.15, -0.1) is 0 Å². The summed E-state index contributed by atoms with van der Waals surface area (Å²) in [5.74, 6) is -0.851. The Balaban J connectivity index is 2.34. The van der Waals surface area contributed by atoms with Crippen LogP contribution in [0, 0.1) is 0 Å². The fourth-order valence-electron chi connectivity index (χ4n) is 1.69. The van der Waals surface area contributed by atoms with Crippen LogP contribution in [0.5, 0.6) is 0 Å². The van der Waals surface area contributed by atoms with Gasteiger partial charge >= 0.3 is 0 Å². The zero-order valence-corrected chi connectivity index (χ0v) is 9.99. The molecule has 0 bridgehead atoms. The molecule has 0 radical (unpaired) electrons. The normalized spacial score (nSPS) is 26.5. The summed E-state index contributed by atoms with van der Waals surface area (Å²) in [6.07, 6.45) is 3.16. The summed E-state index contributed by atoms with van der Waals surface area (Å²) in [4.78, 5) is 11.2. The number of hydrogen-bond donors (Lipinski definition) is 2. The fraction of sp³-hybridized carbons (Fsp3) is 0.889. The number of hydrogen-bond acceptors (Lipinski definition) is 4. The monoisotopic (exact) mass is 234 g/mol. The Morgan fingerprint density at radius 2 is 2.20 bits per heavy atom. The third kappa shape index (κ3) is 4.61. The van der Waals surface area contributed by atoms with Gasteiger partial charge in [-0.05, 0) is 26.3 Å². The Hall–Kier alpha value is -0.620. The van der Waals surface area contributed by atoms with Crippen LogP contribution in [0.15, 0.2) is 0 Å². The molecule has 1 amide bonds. The van der Waals surface area contributed by atoms with Crippen molar-refractivity contribution in [2.24, 2.45) is 0 Å². The summed E-state index contributed by atoms with van der Waals surface area (Å²) >= 11 is 0. The molecule has 1 atom stereocenters. The zero-order chi connectivity index (χ0) is 11.5. The molecule has 1 rings (SSSR count). The molecule has 0 aromatic carbocycles. The van der Waals surface area contributed by atoms with Crippen molar-refractivity contribution in [3.63, 3.8) is 0 Å². The van der Waals surface area contributed by atoms with Crippen molar-refractivity contribution in [2.75, 3.05) is 25.1 Å². The molecular formula is C9H18N2O3S. The molecule has 0 spiro atoms. The third-order valence-corrected chi connectivity index (χ3v) is 3.31. The van der Waals surface area contributed by atoms with E-state index in [2.05, 4.69) is 10.6 Å². The van der Waals surface area contributed by atoms with Gasteiger partial charge in [-0.3, -0.25) is 4.79 Å². The fourth-order valence-corrected chi connectivity index (χ4v) is 2.27. The number of carbonyl (C=O) groups is 1. The lowest BCUT2D eigenvalue weighted by molar-refractivity contribution is -0.118. The number of nitrogens with one attached hydrogen (secondary N) is 2. The molecule has 0 aromatic rings. The van der Waals surface area contributed by atoms with Crippen LogP contribution in [0.1, 0.15) is 19.8 Å². The number of rotatable bonds is 4. The van der Waals surface area contributed by atoms with E-state index < -0.39 is 21.5 Å². The Labute approximate surface area is 90.5 Å². The van der Waals surface area contributed by atoms with Crippen molar-refractivity contribution in [3.05, 3.63) is 0 Å². The van der Waals surface area contributed by atoms with Crippen LogP contribution >= 0.6 is 0 Å². The van der Waals surface area contributed by atoms with Gasteiger partial charge in [0.2, 0.25) is 5.91 Å². The summed E-state index contributed by atoms with van der Waals surface area (Å²) in [6, 6.07) is 0. The van der Waals surface area contributed by atoms with Crippen molar-refractivity contribution < 1.29 is 13.2 Å². The molecule has 5 nitrogen and oxygen atoms in total. The van der Waals surface area contributed by atoms with Gasteiger partial charge in [-0.1, -0.05) is 0 Å². The van der Waals surface area contributed by atoms with Crippen LogP contribution in [-0.2, 0) is 14.6 Å². The van der Waals surface area contributed by atoms with Crippen LogP contribution < -0.4 is 10.6 Å². The Kier molecular flexibility index (Phi) is 3.72. The predicted molar refractivity (Wildman–Crippen MR) is 58.4 cm³/mol. The standard InChI is InChI=1S/C9H18N2O3S/c1-9(4-3-5-11-9)7-10-8(12)6-15(2,13)14/h11H,3-7H2,1-2H3,(H,10,12). The van der Waals surface area contributed by atoms with Crippen LogP contribution in [0.4, 0.5) is 0 Å². The number of sulfone groups is 1. The molecule has 0 aliphatic carbocycles. The van der Waals surface area contributed by atoms with E-state index in [1.165, 1.54) is 0 Å². The molecule has 15 heavy (non-hydrogen) atoms. The SMILES string of the molecule is CC1(CNC(=O)CS(C)(=O)=O)CCCN1. The van der Waals surface area contributed by atoms with Crippen molar-refractivity contribution in [3.8, 4) is 0 Å². The minimum absolute atomic E-state index is 0.0762. The third-order valence-electron chi connectivity index (χ3n) is 2.53. The minimum atomic E-state index is -3.22. The molecule has 88 valence electrons. The van der Waals surface area contributed by atoms with E-state index >= 15 is 0 Å². The van der Waals surface area contributed by atoms with Gasteiger partial charge in [0, 0.05) is 18.3 Å². The molecule has 0 saturated carbocycles. The van der Waals surface area contributed by atoms with Gasteiger partial charge < -0.3 is 10.6 Å². The predicted octanol–water partition coefficient (Wildman–Crippen LogP) is -0.711. The van der Waals surface area contributed by atoms with E-state index in [0.717, 1.165) is 25.6 Å². The van der Waals surface area contributed by atoms with E-state index in [9.17, 15) is 13.2 Å². The summed E-state index contributed by atoms with van der Waals surface area (Å²) < 4.78 is 21.7. The van der Waals surface area contributed by atoms with Gasteiger partial charge in [-0.25, -0.2) is 8.42 Å². The molecular weight excluding hydrogens is 216 g/mol. The first-order valence-corrected chi connectivity index (χ1v) is 7.06. The van der Waals surface area contributed by atoms with Crippen LogP contribution in [0.3, 0.4) is 0 Å². The average molecular weight is 234 g/mol. The lowest BCUT2D eigenvalue weighted by Gasteiger charge is -2.24. The Morgan fingerprint density at radius 3 is 2.67 bits per heavy atom. The van der Waals surface area contributed by atoms with Gasteiger partial charge in [0.15, 0.2) is 9.84 Å². The quantitative estimate of drug-likeness (QED) is 0.674. The van der Waals surface area contributed by atoms with Crippen LogP contribution in [-0.4, -0.2) is 45.0 Å². The van der Waals surface area contributed by atoms with Crippen molar-refractivity contribution in [1.82, 2.24) is 10.6 Å². The van der Waals surface area contributed by atoms with E-state index in [-0.39, 0.29) is 5.54 Å². The smallest absolute Gasteiger partial charge is 0.235 e. The van der Waals surface area contributed by atoms with Crippen molar-refractivity contribution >= 4 is 15.7 Å². The van der Waals surface area contributed by atoms with Crippen molar-refractivity contribution in [2.45, 2.75) is 25.3 Å². The lowest BCUT2D eigenvalue weighted by atomic mass is 10.0. The highest BCUT2D eigenvalue weighted by Gasteiger charge is 2.28. The first kappa shape index (κ1) is 12.4. The summed E-state index contributed by atoms with van der Waals surface area (Å²) in [6.45, 7) is 3.47. The van der Waals surface area contributed by atoms with E-state index in [4.69, 9.17) is 0 Å². The number of amides is 1. The molecule has 1 aliphatic heterocycles. The highest BCUT2D eigenvalue weighted by atomic mass is 32.2. The van der Waals surface area contributed by atoms with Crippen LogP contribution in [0.25, 0.3) is 0 Å². The molecule has 1 saturated heterocycles. The highest BCUT2D eigenvalue weighted by molar-refractivity contribution is 7.91. The minimum Gasteiger partial charge on any atom is -0.353 e. The maximum atomic E-state index is 11.2. The maximum Gasteiger partial charge on any atom is 0.235 e. The first-order chi connectivity index (χ1) is 6.81. The Morgan fingerprint density at radius 1 is 1.53 bits per heavy atom. The molecule has 1 heterocycles. The van der Waals surface area contributed by atoms with Gasteiger partial charge in [0.1, 0.15) is 5.75 Å². The van der Waals surface area contributed by atoms with Gasteiger partial charge in [-0.2, -0.15) is 0 Å². The second-order valence-corrected chi connectivity index (χ2v) is 6.58. The molecule has 1 fully saturated rings.